The van der Waals surface area contributed by atoms with Gasteiger partial charge in [-0.25, -0.2) is 0 Å². The van der Waals surface area contributed by atoms with Crippen molar-refractivity contribution in [2.24, 2.45) is 0 Å². The minimum atomic E-state index is -5.63. The highest BCUT2D eigenvalue weighted by atomic mass is 19.4. The Hall–Kier alpha value is -0.530. The molecular formula is C3F7N. The van der Waals surface area contributed by atoms with Crippen molar-refractivity contribution in [1.29, 1.82) is 0 Å². The first-order chi connectivity index (χ1) is 4.65. The van der Waals surface area contributed by atoms with Crippen molar-refractivity contribution >= 4 is 0 Å². The summed E-state index contributed by atoms with van der Waals surface area (Å²) in [6, 6.07) is -10.8. The van der Waals surface area contributed by atoms with Gasteiger partial charge in [-0.3, -0.25) is 0 Å². The Morgan fingerprint density at radius 2 is 1.00 bits per heavy atom. The van der Waals surface area contributed by atoms with Crippen LogP contribution in [-0.2, 0) is 0 Å². The van der Waals surface area contributed by atoms with Crippen LogP contribution in [0.25, 0.3) is 0 Å². The molecule has 0 amide bonds. The van der Waals surface area contributed by atoms with E-state index in [0.717, 1.165) is 0 Å². The van der Waals surface area contributed by atoms with Crippen molar-refractivity contribution in [3.05, 3.63) is 0 Å². The van der Waals surface area contributed by atoms with Crippen LogP contribution in [0.15, 0.2) is 0 Å². The van der Waals surface area contributed by atoms with Gasteiger partial charge >= 0.3 is 18.0 Å². The second kappa shape index (κ2) is 1.62. The second-order valence-electron chi connectivity index (χ2n) is 1.94. The van der Waals surface area contributed by atoms with Gasteiger partial charge in [-0.1, -0.05) is 0 Å². The molecule has 1 rings (SSSR count). The summed E-state index contributed by atoms with van der Waals surface area (Å²) in [6.45, 7) is 0. The molecule has 1 aliphatic rings. The van der Waals surface area contributed by atoms with Crippen LogP contribution in [0.1, 0.15) is 0 Å². The summed E-state index contributed by atoms with van der Waals surface area (Å²) in [4.78, 5) is 0. The number of halogens is 7. The lowest BCUT2D eigenvalue weighted by Crippen LogP contribution is -2.78. The fraction of sp³-hybridized carbons (Fsp3) is 1.00. The zero-order chi connectivity index (χ0) is 9.08. The monoisotopic (exact) mass is 183 g/mol. The quantitative estimate of drug-likeness (QED) is 0.315. The molecule has 0 atom stereocenters. The highest BCUT2D eigenvalue weighted by molar-refractivity contribution is 5.04. The molecule has 0 unspecified atom stereocenters. The lowest BCUT2D eigenvalue weighted by molar-refractivity contribution is -0.551. The van der Waals surface area contributed by atoms with E-state index in [1.54, 1.807) is 0 Å². The first-order valence-electron chi connectivity index (χ1n) is 2.25. The molecule has 0 aliphatic carbocycles. The third kappa shape index (κ3) is 0.608. The SMILES string of the molecule is FN1C(F)(F)C(F)(F)C1(F)F. The van der Waals surface area contributed by atoms with Crippen molar-refractivity contribution in [1.82, 2.24) is 5.12 Å². The van der Waals surface area contributed by atoms with E-state index in [0.29, 0.717) is 0 Å². The molecule has 0 aromatic heterocycles. The molecule has 0 spiro atoms. The average molecular weight is 183 g/mol. The smallest absolute Gasteiger partial charge is 0.189 e. The van der Waals surface area contributed by atoms with Crippen molar-refractivity contribution in [3.8, 4) is 0 Å². The number of hydrogen-bond donors (Lipinski definition) is 0. The molecule has 1 fully saturated rings. The number of hydrogen-bond acceptors (Lipinski definition) is 1. The molecule has 11 heavy (non-hydrogen) atoms. The Bertz CT molecular complexity index is 168. The summed E-state index contributed by atoms with van der Waals surface area (Å²) >= 11 is 0. The van der Waals surface area contributed by atoms with E-state index in [1.807, 2.05) is 0 Å². The van der Waals surface area contributed by atoms with Crippen molar-refractivity contribution in [3.63, 3.8) is 0 Å². The van der Waals surface area contributed by atoms with Crippen molar-refractivity contribution < 1.29 is 30.8 Å². The van der Waals surface area contributed by atoms with Crippen LogP contribution in [0.2, 0.25) is 0 Å². The number of rotatable bonds is 0. The van der Waals surface area contributed by atoms with Crippen LogP contribution < -0.4 is 0 Å². The maximum absolute atomic E-state index is 11.6. The predicted octanol–water partition coefficient (Wildman–Crippen LogP) is 2.01. The Labute approximate surface area is 55.3 Å². The van der Waals surface area contributed by atoms with E-state index in [2.05, 4.69) is 0 Å². The number of nitrogens with zero attached hydrogens (tertiary/aromatic N) is 1. The van der Waals surface area contributed by atoms with Gasteiger partial charge in [0.25, 0.3) is 0 Å². The molecule has 66 valence electrons. The van der Waals surface area contributed by atoms with Gasteiger partial charge in [-0.2, -0.15) is 26.3 Å². The first kappa shape index (κ1) is 8.57. The first-order valence-corrected chi connectivity index (χ1v) is 2.25. The van der Waals surface area contributed by atoms with Crippen molar-refractivity contribution in [2.75, 3.05) is 0 Å². The predicted molar refractivity (Wildman–Crippen MR) is 17.8 cm³/mol. The minimum Gasteiger partial charge on any atom is -0.189 e. The van der Waals surface area contributed by atoms with Gasteiger partial charge in [0.1, 0.15) is 0 Å². The van der Waals surface area contributed by atoms with Gasteiger partial charge in [0.15, 0.2) is 0 Å². The van der Waals surface area contributed by atoms with Gasteiger partial charge in [-0.05, 0) is 5.12 Å². The maximum Gasteiger partial charge on any atom is 0.405 e. The van der Waals surface area contributed by atoms with E-state index < -0.39 is 23.1 Å². The number of alkyl halides is 6. The molecule has 8 heteroatoms. The average Bonchev–Trinajstić information content (AvgIpc) is 1.84. The molecule has 1 nitrogen and oxygen atoms in total. The summed E-state index contributed by atoms with van der Waals surface area (Å²) in [6.07, 6.45) is 0. The van der Waals surface area contributed by atoms with Crippen LogP contribution >= 0.6 is 0 Å². The van der Waals surface area contributed by atoms with Gasteiger partial charge in [0.05, 0.1) is 0 Å². The summed E-state index contributed by atoms with van der Waals surface area (Å²) in [5.41, 5.74) is 0. The summed E-state index contributed by atoms with van der Waals surface area (Å²) in [5.74, 6) is -5.63. The summed E-state index contributed by atoms with van der Waals surface area (Å²) in [7, 11) is 0. The van der Waals surface area contributed by atoms with Crippen LogP contribution in [0.4, 0.5) is 30.8 Å². The largest absolute Gasteiger partial charge is 0.405 e. The molecule has 0 bridgehead atoms. The molecule has 0 aromatic rings. The minimum absolute atomic E-state index is 2.46. The second-order valence-corrected chi connectivity index (χ2v) is 1.94. The van der Waals surface area contributed by atoms with Crippen LogP contribution in [-0.4, -0.2) is 23.1 Å². The molecule has 0 radical (unpaired) electrons. The summed E-state index contributed by atoms with van der Waals surface area (Å²) < 4.78 is 80.7. The molecule has 1 aliphatic heterocycles. The van der Waals surface area contributed by atoms with E-state index in [-0.39, 0.29) is 0 Å². The Morgan fingerprint density at radius 3 is 1.09 bits per heavy atom. The highest BCUT2D eigenvalue weighted by Crippen LogP contribution is 2.60. The third-order valence-electron chi connectivity index (χ3n) is 1.25. The maximum atomic E-state index is 11.6. The molecule has 1 saturated heterocycles. The lowest BCUT2D eigenvalue weighted by Gasteiger charge is -2.46. The van der Waals surface area contributed by atoms with E-state index >= 15 is 0 Å². The molecule has 0 N–H and O–H groups in total. The van der Waals surface area contributed by atoms with E-state index in [9.17, 15) is 30.8 Å². The Morgan fingerprint density at radius 1 is 0.727 bits per heavy atom. The van der Waals surface area contributed by atoms with Gasteiger partial charge in [0.2, 0.25) is 0 Å². The zero-order valence-electron chi connectivity index (χ0n) is 4.59. The van der Waals surface area contributed by atoms with E-state index in [1.165, 1.54) is 0 Å². The van der Waals surface area contributed by atoms with Crippen LogP contribution in [0.3, 0.4) is 0 Å². The van der Waals surface area contributed by atoms with E-state index in [4.69, 9.17) is 0 Å². The molecule has 1 heterocycles. The van der Waals surface area contributed by atoms with Crippen LogP contribution in [0, 0.1) is 0 Å². The topological polar surface area (TPSA) is 3.24 Å². The molecular weight excluding hydrogens is 183 g/mol. The Kier molecular flexibility index (Phi) is 1.26. The molecule has 0 saturated carbocycles. The Balaban J connectivity index is 2.98. The summed E-state index contributed by atoms with van der Waals surface area (Å²) in [5, 5.41) is -2.46. The molecule has 0 aromatic carbocycles. The normalized spacial score (nSPS) is 33.0. The fourth-order valence-corrected chi connectivity index (χ4v) is 0.551. The standard InChI is InChI=1S/C3F7N/c4-1(5)2(6,7)11(10)3(1,8)9. The van der Waals surface area contributed by atoms with Gasteiger partial charge in [0, 0.05) is 0 Å². The highest BCUT2D eigenvalue weighted by Gasteiger charge is 2.91. The van der Waals surface area contributed by atoms with Crippen LogP contribution in [0.5, 0.6) is 0 Å². The lowest BCUT2D eigenvalue weighted by atomic mass is 10.1. The fourth-order valence-electron chi connectivity index (χ4n) is 0.551. The van der Waals surface area contributed by atoms with Crippen molar-refractivity contribution in [2.45, 2.75) is 18.0 Å². The van der Waals surface area contributed by atoms with Gasteiger partial charge in [-0.15, -0.1) is 4.48 Å². The van der Waals surface area contributed by atoms with Gasteiger partial charge < -0.3 is 0 Å². The third-order valence-corrected chi connectivity index (χ3v) is 1.25. The zero-order valence-corrected chi connectivity index (χ0v) is 4.59.